The molecule has 2 fully saturated rings. The fourth-order valence-electron chi connectivity index (χ4n) is 4.55. The van der Waals surface area contributed by atoms with Gasteiger partial charge in [0.05, 0.1) is 6.67 Å². The highest BCUT2D eigenvalue weighted by molar-refractivity contribution is 5.21. The van der Waals surface area contributed by atoms with Crippen LogP contribution in [0.25, 0.3) is 0 Å². The molecule has 2 nitrogen and oxygen atoms in total. The highest BCUT2D eigenvalue weighted by Crippen LogP contribution is 2.30. The van der Waals surface area contributed by atoms with Gasteiger partial charge in [-0.3, -0.25) is 9.80 Å². The molecule has 2 aromatic carbocycles. The normalized spacial score (nSPS) is 19.9. The van der Waals surface area contributed by atoms with Crippen LogP contribution in [-0.4, -0.2) is 42.6 Å². The van der Waals surface area contributed by atoms with Crippen LogP contribution in [-0.2, 0) is 0 Å². The van der Waals surface area contributed by atoms with Gasteiger partial charge in [0, 0.05) is 0 Å². The average Bonchev–Trinajstić information content (AvgIpc) is 2.71. The van der Waals surface area contributed by atoms with Crippen LogP contribution in [0.1, 0.15) is 63.5 Å². The lowest BCUT2D eigenvalue weighted by Gasteiger charge is -2.39. The minimum atomic E-state index is 0. The SMILES string of the molecule is C.C.c1ccc(C2CCN(CN3CCC(c4ccccc4)CC3)CC2)cc1. The Morgan fingerprint density at radius 2 is 0.889 bits per heavy atom. The Balaban J connectivity index is 0.00000131. The molecule has 2 aliphatic heterocycles. The molecular weight excluding hydrogens is 328 g/mol. The molecule has 0 radical (unpaired) electrons. The summed E-state index contributed by atoms with van der Waals surface area (Å²) in [5, 5.41) is 0. The van der Waals surface area contributed by atoms with Crippen LogP contribution in [0.3, 0.4) is 0 Å². The van der Waals surface area contributed by atoms with Gasteiger partial charge in [0.1, 0.15) is 0 Å². The van der Waals surface area contributed by atoms with Crippen molar-refractivity contribution in [2.45, 2.75) is 52.4 Å². The van der Waals surface area contributed by atoms with Gasteiger partial charge in [-0.15, -0.1) is 0 Å². The smallest absolute Gasteiger partial charge is 0.0506 e. The van der Waals surface area contributed by atoms with Crippen molar-refractivity contribution in [3.63, 3.8) is 0 Å². The van der Waals surface area contributed by atoms with E-state index in [2.05, 4.69) is 70.5 Å². The molecule has 0 spiro atoms. The molecule has 0 saturated carbocycles. The molecule has 0 atom stereocenters. The van der Waals surface area contributed by atoms with Crippen molar-refractivity contribution in [1.82, 2.24) is 9.80 Å². The Kier molecular flexibility index (Phi) is 8.53. The van der Waals surface area contributed by atoms with Crippen LogP contribution >= 0.6 is 0 Å². The standard InChI is InChI=1S/C23H30N2.2CH4/c1-3-7-20(8-4-1)22-11-15-24(16-12-22)19-25-17-13-23(14-18-25)21-9-5-2-6-10-21;;/h1-10,22-23H,11-19H2;2*1H4. The molecule has 2 aromatic rings. The largest absolute Gasteiger partial charge is 0.290 e. The number of nitrogens with zero attached hydrogens (tertiary/aromatic N) is 2. The molecule has 0 bridgehead atoms. The van der Waals surface area contributed by atoms with Crippen molar-refractivity contribution in [2.24, 2.45) is 0 Å². The Hall–Kier alpha value is -1.64. The van der Waals surface area contributed by atoms with Gasteiger partial charge in [-0.1, -0.05) is 75.5 Å². The van der Waals surface area contributed by atoms with Crippen LogP contribution in [0.4, 0.5) is 0 Å². The van der Waals surface area contributed by atoms with E-state index in [0.717, 1.165) is 11.8 Å². The van der Waals surface area contributed by atoms with Crippen molar-refractivity contribution in [3.8, 4) is 0 Å². The minimum absolute atomic E-state index is 0. The fourth-order valence-corrected chi connectivity index (χ4v) is 4.55. The Labute approximate surface area is 167 Å². The predicted octanol–water partition coefficient (Wildman–Crippen LogP) is 5.98. The molecule has 4 rings (SSSR count). The number of piperidine rings is 2. The van der Waals surface area contributed by atoms with E-state index in [0.29, 0.717) is 0 Å². The highest BCUT2D eigenvalue weighted by Gasteiger charge is 2.25. The number of hydrogen-bond acceptors (Lipinski definition) is 2. The number of benzene rings is 2. The van der Waals surface area contributed by atoms with Crippen LogP contribution in [0, 0.1) is 0 Å². The van der Waals surface area contributed by atoms with E-state index in [1.165, 1.54) is 69.7 Å². The van der Waals surface area contributed by atoms with Crippen molar-refractivity contribution in [2.75, 3.05) is 32.8 Å². The van der Waals surface area contributed by atoms with Gasteiger partial charge in [0.15, 0.2) is 0 Å². The summed E-state index contributed by atoms with van der Waals surface area (Å²) in [5.41, 5.74) is 3.07. The zero-order valence-corrected chi connectivity index (χ0v) is 15.2. The van der Waals surface area contributed by atoms with E-state index in [1.54, 1.807) is 0 Å². The maximum absolute atomic E-state index is 2.67. The second-order valence-electron chi connectivity index (χ2n) is 7.75. The third kappa shape index (κ3) is 5.67. The molecule has 2 heteroatoms. The Morgan fingerprint density at radius 3 is 1.22 bits per heavy atom. The van der Waals surface area contributed by atoms with E-state index in [4.69, 9.17) is 0 Å². The van der Waals surface area contributed by atoms with Crippen LogP contribution in [0.2, 0.25) is 0 Å². The molecule has 0 amide bonds. The van der Waals surface area contributed by atoms with Gasteiger partial charge in [-0.05, 0) is 74.8 Å². The minimum Gasteiger partial charge on any atom is -0.290 e. The maximum atomic E-state index is 2.67. The summed E-state index contributed by atoms with van der Waals surface area (Å²) in [6, 6.07) is 22.2. The molecule has 2 saturated heterocycles. The van der Waals surface area contributed by atoms with Crippen LogP contribution in [0.15, 0.2) is 60.7 Å². The molecule has 0 aromatic heterocycles. The quantitative estimate of drug-likeness (QED) is 0.657. The van der Waals surface area contributed by atoms with Crippen molar-refractivity contribution >= 4 is 0 Å². The third-order valence-corrected chi connectivity index (χ3v) is 6.12. The second kappa shape index (κ2) is 10.6. The first-order valence-electron chi connectivity index (χ1n) is 9.93. The lowest BCUT2D eigenvalue weighted by Crippen LogP contribution is -2.44. The number of likely N-dealkylation sites (tertiary alicyclic amines) is 2. The first-order chi connectivity index (χ1) is 12.4. The van der Waals surface area contributed by atoms with Gasteiger partial charge < -0.3 is 0 Å². The van der Waals surface area contributed by atoms with Crippen LogP contribution < -0.4 is 0 Å². The summed E-state index contributed by atoms with van der Waals surface area (Å²) in [5.74, 6) is 1.53. The summed E-state index contributed by atoms with van der Waals surface area (Å²) in [4.78, 5) is 5.34. The molecular formula is C25H38N2. The lowest BCUT2D eigenvalue weighted by molar-refractivity contribution is 0.0878. The third-order valence-electron chi connectivity index (χ3n) is 6.12. The topological polar surface area (TPSA) is 6.48 Å². The van der Waals surface area contributed by atoms with E-state index < -0.39 is 0 Å². The molecule has 27 heavy (non-hydrogen) atoms. The van der Waals surface area contributed by atoms with Gasteiger partial charge in [0.2, 0.25) is 0 Å². The van der Waals surface area contributed by atoms with Gasteiger partial charge in [-0.2, -0.15) is 0 Å². The van der Waals surface area contributed by atoms with E-state index >= 15 is 0 Å². The average molecular weight is 367 g/mol. The Morgan fingerprint density at radius 1 is 0.556 bits per heavy atom. The first-order valence-corrected chi connectivity index (χ1v) is 9.93. The van der Waals surface area contributed by atoms with Crippen molar-refractivity contribution in [1.29, 1.82) is 0 Å². The second-order valence-corrected chi connectivity index (χ2v) is 7.75. The fraction of sp³-hybridized carbons (Fsp3) is 0.520. The monoisotopic (exact) mass is 366 g/mol. The summed E-state index contributed by atoms with van der Waals surface area (Å²) >= 11 is 0. The lowest BCUT2D eigenvalue weighted by atomic mass is 9.89. The summed E-state index contributed by atoms with van der Waals surface area (Å²) in [6.45, 7) is 6.16. The molecule has 0 N–H and O–H groups in total. The number of hydrogen-bond donors (Lipinski definition) is 0. The number of rotatable bonds is 4. The summed E-state index contributed by atoms with van der Waals surface area (Å²) in [7, 11) is 0. The zero-order valence-electron chi connectivity index (χ0n) is 15.2. The van der Waals surface area contributed by atoms with E-state index in [1.807, 2.05) is 0 Å². The summed E-state index contributed by atoms with van der Waals surface area (Å²) < 4.78 is 0. The van der Waals surface area contributed by atoms with Gasteiger partial charge >= 0.3 is 0 Å². The van der Waals surface area contributed by atoms with E-state index in [9.17, 15) is 0 Å². The molecule has 0 aliphatic carbocycles. The Bertz CT molecular complexity index is 566. The van der Waals surface area contributed by atoms with Crippen molar-refractivity contribution in [3.05, 3.63) is 71.8 Å². The molecule has 2 aliphatic rings. The maximum Gasteiger partial charge on any atom is 0.0506 e. The van der Waals surface area contributed by atoms with Crippen molar-refractivity contribution < 1.29 is 0 Å². The van der Waals surface area contributed by atoms with Crippen LogP contribution in [0.5, 0.6) is 0 Å². The van der Waals surface area contributed by atoms with Gasteiger partial charge in [0.25, 0.3) is 0 Å². The molecule has 148 valence electrons. The summed E-state index contributed by atoms with van der Waals surface area (Å²) in [6.07, 6.45) is 5.24. The van der Waals surface area contributed by atoms with Gasteiger partial charge in [-0.25, -0.2) is 0 Å². The van der Waals surface area contributed by atoms with E-state index in [-0.39, 0.29) is 14.9 Å². The molecule has 2 heterocycles. The first kappa shape index (κ1) is 21.7. The highest BCUT2D eigenvalue weighted by atomic mass is 15.3. The zero-order chi connectivity index (χ0) is 16.9. The predicted molar refractivity (Wildman–Crippen MR) is 118 cm³/mol. The molecule has 0 unspecified atom stereocenters.